The van der Waals surface area contributed by atoms with Crippen molar-refractivity contribution < 1.29 is 4.42 Å². The third-order valence-electron chi connectivity index (χ3n) is 10.6. The van der Waals surface area contributed by atoms with Crippen LogP contribution in [0.5, 0.6) is 0 Å². The summed E-state index contributed by atoms with van der Waals surface area (Å²) in [5.74, 6) is 1.83. The summed E-state index contributed by atoms with van der Waals surface area (Å²) in [6.07, 6.45) is 0. The van der Waals surface area contributed by atoms with Gasteiger partial charge in [-0.25, -0.2) is 15.0 Å². The van der Waals surface area contributed by atoms with Crippen LogP contribution in [0.15, 0.2) is 205 Å². The molecule has 0 aliphatic heterocycles. The van der Waals surface area contributed by atoms with Gasteiger partial charge in [-0.1, -0.05) is 127 Å². The first kappa shape index (κ1) is 32.6. The van der Waals surface area contributed by atoms with Gasteiger partial charge in [0.25, 0.3) is 0 Å². The third-order valence-corrected chi connectivity index (χ3v) is 10.6. The summed E-state index contributed by atoms with van der Waals surface area (Å²) in [4.78, 5) is 17.1. The second kappa shape index (κ2) is 13.5. The lowest BCUT2D eigenvalue weighted by Gasteiger charge is -2.25. The quantitative estimate of drug-likeness (QED) is 0.163. The zero-order valence-corrected chi connectivity index (χ0v) is 30.7. The van der Waals surface area contributed by atoms with Gasteiger partial charge in [0.05, 0.1) is 11.0 Å². The number of furan rings is 1. The second-order valence-electron chi connectivity index (χ2n) is 14.1. The molecule has 3 aromatic heterocycles. The van der Waals surface area contributed by atoms with Gasteiger partial charge in [0, 0.05) is 67.1 Å². The van der Waals surface area contributed by atoms with Crippen molar-refractivity contribution >= 4 is 60.8 Å². The Bertz CT molecular complexity index is 3170. The fourth-order valence-electron chi connectivity index (χ4n) is 7.96. The topological polar surface area (TPSA) is 60.0 Å². The summed E-state index contributed by atoms with van der Waals surface area (Å²) < 4.78 is 9.05. The molecule has 0 radical (unpaired) electrons. The van der Waals surface area contributed by atoms with E-state index in [0.29, 0.717) is 17.5 Å². The largest absolute Gasteiger partial charge is 0.456 e. The molecule has 57 heavy (non-hydrogen) atoms. The maximum Gasteiger partial charge on any atom is 0.164 e. The number of rotatable bonds is 7. The van der Waals surface area contributed by atoms with E-state index in [2.05, 4.69) is 143 Å². The Labute approximate surface area is 328 Å². The molecule has 11 rings (SSSR count). The molecule has 0 aliphatic rings. The molecule has 0 spiro atoms. The van der Waals surface area contributed by atoms with Gasteiger partial charge in [0.15, 0.2) is 17.5 Å². The highest BCUT2D eigenvalue weighted by atomic mass is 16.3. The molecule has 0 saturated carbocycles. The van der Waals surface area contributed by atoms with Crippen LogP contribution in [-0.4, -0.2) is 19.5 Å². The number of para-hydroxylation sites is 3. The summed E-state index contributed by atoms with van der Waals surface area (Å²) in [7, 11) is 0. The minimum Gasteiger partial charge on any atom is -0.456 e. The lowest BCUT2D eigenvalue weighted by molar-refractivity contribution is 0.669. The Hall–Kier alpha value is -7.83. The number of anilines is 3. The average Bonchev–Trinajstić information content (AvgIpc) is 3.82. The van der Waals surface area contributed by atoms with Crippen LogP contribution in [0.2, 0.25) is 0 Å². The normalized spacial score (nSPS) is 11.5. The third kappa shape index (κ3) is 5.70. The van der Waals surface area contributed by atoms with E-state index in [4.69, 9.17) is 19.4 Å². The van der Waals surface area contributed by atoms with Gasteiger partial charge in [-0.2, -0.15) is 0 Å². The highest BCUT2D eigenvalue weighted by molar-refractivity contribution is 6.11. The zero-order valence-electron chi connectivity index (χ0n) is 30.7. The summed E-state index contributed by atoms with van der Waals surface area (Å²) in [5.41, 5.74) is 10.8. The number of hydrogen-bond donors (Lipinski definition) is 0. The molecule has 0 atom stereocenters. The van der Waals surface area contributed by atoms with E-state index >= 15 is 0 Å². The fourth-order valence-corrected chi connectivity index (χ4v) is 7.96. The molecule has 0 unspecified atom stereocenters. The highest BCUT2D eigenvalue weighted by Crippen LogP contribution is 2.42. The second-order valence-corrected chi connectivity index (χ2v) is 14.1. The Morgan fingerprint density at radius 2 is 0.842 bits per heavy atom. The Kier molecular flexibility index (Phi) is 7.71. The van der Waals surface area contributed by atoms with Crippen LogP contribution in [0.3, 0.4) is 0 Å². The molecule has 11 aromatic rings. The molecule has 0 amide bonds. The predicted octanol–water partition coefficient (Wildman–Crippen LogP) is 13.3. The van der Waals surface area contributed by atoms with Crippen LogP contribution < -0.4 is 4.90 Å². The molecule has 0 N–H and O–H groups in total. The van der Waals surface area contributed by atoms with Crippen LogP contribution in [0.4, 0.5) is 17.1 Å². The maximum atomic E-state index is 6.69. The van der Waals surface area contributed by atoms with Gasteiger partial charge in [-0.15, -0.1) is 0 Å². The standard InChI is InChI=1S/C51H33N5O/c1-5-15-34(16-6-1)49-52-50(35-17-7-2-8-18-35)54-51(53-49)36-25-28-43-44-30-27-40(33-48(44)57-47(43)31-36)55(37-19-9-3-10-20-37)39-26-29-42-41-23-13-14-24-45(41)56(46(42)32-39)38-21-11-4-12-22-38/h1-33H. The van der Waals surface area contributed by atoms with Gasteiger partial charge in [-0.05, 0) is 66.7 Å². The van der Waals surface area contributed by atoms with Crippen LogP contribution in [0, 0.1) is 0 Å². The van der Waals surface area contributed by atoms with Crippen molar-refractivity contribution in [3.8, 4) is 39.9 Å². The van der Waals surface area contributed by atoms with Crippen LogP contribution >= 0.6 is 0 Å². The van der Waals surface area contributed by atoms with Crippen LogP contribution in [0.25, 0.3) is 83.6 Å². The average molecular weight is 732 g/mol. The Balaban J connectivity index is 1.04. The van der Waals surface area contributed by atoms with E-state index in [1.165, 1.54) is 16.3 Å². The molecule has 0 fully saturated rings. The molecular weight excluding hydrogens is 699 g/mol. The van der Waals surface area contributed by atoms with Crippen LogP contribution in [-0.2, 0) is 0 Å². The number of benzene rings is 8. The maximum absolute atomic E-state index is 6.69. The molecule has 3 heterocycles. The number of hydrogen-bond acceptors (Lipinski definition) is 5. The summed E-state index contributed by atoms with van der Waals surface area (Å²) >= 11 is 0. The number of aromatic nitrogens is 4. The van der Waals surface area contributed by atoms with Crippen molar-refractivity contribution in [3.05, 3.63) is 200 Å². The highest BCUT2D eigenvalue weighted by Gasteiger charge is 2.20. The van der Waals surface area contributed by atoms with Crippen LogP contribution in [0.1, 0.15) is 0 Å². The molecule has 0 saturated heterocycles. The van der Waals surface area contributed by atoms with E-state index in [0.717, 1.165) is 66.9 Å². The van der Waals surface area contributed by atoms with Gasteiger partial charge in [0.1, 0.15) is 11.2 Å². The van der Waals surface area contributed by atoms with E-state index in [9.17, 15) is 0 Å². The molecule has 6 nitrogen and oxygen atoms in total. The molecule has 8 aromatic carbocycles. The SMILES string of the molecule is c1ccc(-c2nc(-c3ccccc3)nc(-c3ccc4c(c3)oc3cc(N(c5ccccc5)c5ccc6c7ccccc7n(-c7ccccc7)c6c5)ccc34)n2)cc1. The first-order valence-electron chi connectivity index (χ1n) is 19.0. The Morgan fingerprint density at radius 3 is 1.51 bits per heavy atom. The number of fused-ring (bicyclic) bond motifs is 6. The van der Waals surface area contributed by atoms with Crippen molar-refractivity contribution in [2.24, 2.45) is 0 Å². The number of nitrogens with zero attached hydrogens (tertiary/aromatic N) is 5. The molecule has 6 heteroatoms. The lowest BCUT2D eigenvalue weighted by atomic mass is 10.1. The fraction of sp³-hybridized carbons (Fsp3) is 0. The van der Waals surface area contributed by atoms with Gasteiger partial charge < -0.3 is 13.9 Å². The first-order chi connectivity index (χ1) is 28.2. The van der Waals surface area contributed by atoms with Crippen molar-refractivity contribution in [3.63, 3.8) is 0 Å². The minimum absolute atomic E-state index is 0.587. The van der Waals surface area contributed by atoms with E-state index in [1.54, 1.807) is 0 Å². The van der Waals surface area contributed by atoms with Crippen molar-refractivity contribution in [1.82, 2.24) is 19.5 Å². The van der Waals surface area contributed by atoms with Gasteiger partial charge >= 0.3 is 0 Å². The molecular formula is C51H33N5O. The minimum atomic E-state index is 0.587. The van der Waals surface area contributed by atoms with Crippen molar-refractivity contribution in [2.45, 2.75) is 0 Å². The smallest absolute Gasteiger partial charge is 0.164 e. The summed E-state index contributed by atoms with van der Waals surface area (Å²) in [6, 6.07) is 69.2. The van der Waals surface area contributed by atoms with E-state index in [1.807, 2.05) is 66.7 Å². The molecule has 0 bridgehead atoms. The predicted molar refractivity (Wildman–Crippen MR) is 232 cm³/mol. The summed E-state index contributed by atoms with van der Waals surface area (Å²) in [6.45, 7) is 0. The zero-order chi connectivity index (χ0) is 37.7. The van der Waals surface area contributed by atoms with E-state index < -0.39 is 0 Å². The molecule has 268 valence electrons. The monoisotopic (exact) mass is 731 g/mol. The Morgan fingerprint density at radius 1 is 0.351 bits per heavy atom. The van der Waals surface area contributed by atoms with Gasteiger partial charge in [-0.3, -0.25) is 0 Å². The van der Waals surface area contributed by atoms with Gasteiger partial charge in [0.2, 0.25) is 0 Å². The summed E-state index contributed by atoms with van der Waals surface area (Å²) in [5, 5.41) is 4.50. The first-order valence-corrected chi connectivity index (χ1v) is 19.0. The van der Waals surface area contributed by atoms with E-state index in [-0.39, 0.29) is 0 Å². The molecule has 0 aliphatic carbocycles. The van der Waals surface area contributed by atoms with Crippen molar-refractivity contribution in [1.29, 1.82) is 0 Å². The lowest BCUT2D eigenvalue weighted by Crippen LogP contribution is -2.09. The van der Waals surface area contributed by atoms with Crippen molar-refractivity contribution in [2.75, 3.05) is 4.90 Å².